The van der Waals surface area contributed by atoms with E-state index in [2.05, 4.69) is 5.32 Å². The molecule has 0 aromatic heterocycles. The van der Waals surface area contributed by atoms with E-state index in [-0.39, 0.29) is 30.8 Å². The van der Waals surface area contributed by atoms with Gasteiger partial charge in [0.2, 0.25) is 5.91 Å². The zero-order valence-electron chi connectivity index (χ0n) is 16.9. The van der Waals surface area contributed by atoms with Crippen LogP contribution in [-0.2, 0) is 9.59 Å². The van der Waals surface area contributed by atoms with E-state index in [0.717, 1.165) is 41.2 Å². The SMILES string of the molecule is CC1(C)NC(=O)N(CCC(=O)N2CCC[C@@H]2c2ccc3c(c2)OCCCO3)C1=O. The van der Waals surface area contributed by atoms with Crippen molar-refractivity contribution in [1.29, 1.82) is 0 Å². The van der Waals surface area contributed by atoms with E-state index >= 15 is 0 Å². The molecule has 0 spiro atoms. The predicted molar refractivity (Wildman–Crippen MR) is 105 cm³/mol. The zero-order valence-corrected chi connectivity index (χ0v) is 16.9. The lowest BCUT2D eigenvalue weighted by molar-refractivity contribution is -0.133. The van der Waals surface area contributed by atoms with E-state index in [1.54, 1.807) is 13.8 Å². The molecule has 0 aliphatic carbocycles. The van der Waals surface area contributed by atoms with Crippen LogP contribution < -0.4 is 14.8 Å². The van der Waals surface area contributed by atoms with Crippen LogP contribution in [0, 0.1) is 0 Å². The molecule has 3 aliphatic heterocycles. The van der Waals surface area contributed by atoms with Crippen molar-refractivity contribution in [3.63, 3.8) is 0 Å². The largest absolute Gasteiger partial charge is 0.490 e. The van der Waals surface area contributed by atoms with E-state index in [1.807, 2.05) is 23.1 Å². The summed E-state index contributed by atoms with van der Waals surface area (Å²) in [6, 6.07) is 5.40. The average Bonchev–Trinajstić information content (AvgIpc) is 3.14. The van der Waals surface area contributed by atoms with E-state index in [0.29, 0.717) is 19.8 Å². The number of amides is 4. The van der Waals surface area contributed by atoms with Crippen molar-refractivity contribution in [2.24, 2.45) is 0 Å². The number of urea groups is 1. The van der Waals surface area contributed by atoms with Gasteiger partial charge in [-0.05, 0) is 44.4 Å². The molecule has 4 amide bonds. The first-order chi connectivity index (χ1) is 13.9. The Morgan fingerprint density at radius 1 is 1.17 bits per heavy atom. The summed E-state index contributed by atoms with van der Waals surface area (Å²) in [5.74, 6) is 1.12. The second kappa shape index (κ2) is 7.57. The Balaban J connectivity index is 1.43. The van der Waals surface area contributed by atoms with Gasteiger partial charge in [0.25, 0.3) is 5.91 Å². The lowest BCUT2D eigenvalue weighted by Crippen LogP contribution is -2.41. The molecule has 3 aliphatic rings. The van der Waals surface area contributed by atoms with Crippen molar-refractivity contribution in [3.05, 3.63) is 23.8 Å². The second-order valence-electron chi connectivity index (χ2n) is 8.26. The zero-order chi connectivity index (χ0) is 20.6. The van der Waals surface area contributed by atoms with Crippen LogP contribution in [0.5, 0.6) is 11.5 Å². The number of ether oxygens (including phenoxy) is 2. The number of rotatable bonds is 4. The number of carbonyl (C=O) groups excluding carboxylic acids is 3. The topological polar surface area (TPSA) is 88.2 Å². The number of fused-ring (bicyclic) bond motifs is 1. The van der Waals surface area contributed by atoms with Gasteiger partial charge in [-0.2, -0.15) is 0 Å². The molecular weight excluding hydrogens is 374 g/mol. The van der Waals surface area contributed by atoms with Crippen LogP contribution in [0.25, 0.3) is 0 Å². The molecule has 156 valence electrons. The quantitative estimate of drug-likeness (QED) is 0.782. The fourth-order valence-electron chi connectivity index (χ4n) is 4.17. The van der Waals surface area contributed by atoms with Crippen LogP contribution in [0.15, 0.2) is 18.2 Å². The Kier molecular flexibility index (Phi) is 5.10. The van der Waals surface area contributed by atoms with Gasteiger partial charge in [-0.3, -0.25) is 14.5 Å². The Hall–Kier alpha value is -2.77. The summed E-state index contributed by atoms with van der Waals surface area (Å²) in [4.78, 5) is 40.2. The van der Waals surface area contributed by atoms with Gasteiger partial charge in [-0.25, -0.2) is 4.79 Å². The molecule has 1 atom stereocenters. The summed E-state index contributed by atoms with van der Waals surface area (Å²) in [6.45, 7) is 5.35. The van der Waals surface area contributed by atoms with Crippen molar-refractivity contribution >= 4 is 17.8 Å². The molecule has 2 fully saturated rings. The third-order valence-electron chi connectivity index (χ3n) is 5.72. The third kappa shape index (κ3) is 3.75. The summed E-state index contributed by atoms with van der Waals surface area (Å²) >= 11 is 0. The molecule has 2 saturated heterocycles. The second-order valence-corrected chi connectivity index (χ2v) is 8.26. The highest BCUT2D eigenvalue weighted by Crippen LogP contribution is 2.38. The maximum absolute atomic E-state index is 12.9. The molecular formula is C21H27N3O5. The van der Waals surface area contributed by atoms with Gasteiger partial charge >= 0.3 is 6.03 Å². The highest BCUT2D eigenvalue weighted by molar-refractivity contribution is 6.06. The van der Waals surface area contributed by atoms with Gasteiger partial charge in [0, 0.05) is 25.9 Å². The molecule has 0 unspecified atom stereocenters. The van der Waals surface area contributed by atoms with Crippen LogP contribution in [0.2, 0.25) is 0 Å². The molecule has 1 aromatic rings. The predicted octanol–water partition coefficient (Wildman–Crippen LogP) is 2.23. The average molecular weight is 401 g/mol. The van der Waals surface area contributed by atoms with Crippen LogP contribution >= 0.6 is 0 Å². The molecule has 8 heteroatoms. The Morgan fingerprint density at radius 3 is 2.66 bits per heavy atom. The van der Waals surface area contributed by atoms with Crippen LogP contribution in [0.4, 0.5) is 4.79 Å². The van der Waals surface area contributed by atoms with E-state index in [4.69, 9.17) is 9.47 Å². The molecule has 0 radical (unpaired) electrons. The number of likely N-dealkylation sites (tertiary alicyclic amines) is 1. The molecule has 0 saturated carbocycles. The lowest BCUT2D eigenvalue weighted by atomic mass is 10.0. The van der Waals surface area contributed by atoms with Gasteiger partial charge in [0.1, 0.15) is 5.54 Å². The van der Waals surface area contributed by atoms with Crippen molar-refractivity contribution in [2.45, 2.75) is 51.1 Å². The number of benzene rings is 1. The molecule has 0 bridgehead atoms. The van der Waals surface area contributed by atoms with E-state index in [9.17, 15) is 14.4 Å². The van der Waals surface area contributed by atoms with Crippen LogP contribution in [0.3, 0.4) is 0 Å². The van der Waals surface area contributed by atoms with Gasteiger partial charge < -0.3 is 19.7 Å². The van der Waals surface area contributed by atoms with Crippen molar-refractivity contribution in [2.75, 3.05) is 26.3 Å². The number of carbonyl (C=O) groups is 3. The van der Waals surface area contributed by atoms with Crippen molar-refractivity contribution < 1.29 is 23.9 Å². The minimum atomic E-state index is -0.916. The molecule has 1 N–H and O–H groups in total. The van der Waals surface area contributed by atoms with Gasteiger partial charge in [0.05, 0.1) is 19.3 Å². The first-order valence-electron chi connectivity index (χ1n) is 10.2. The molecule has 1 aromatic carbocycles. The van der Waals surface area contributed by atoms with Gasteiger partial charge in [-0.1, -0.05) is 6.07 Å². The summed E-state index contributed by atoms with van der Waals surface area (Å²) in [7, 11) is 0. The highest BCUT2D eigenvalue weighted by Gasteiger charge is 2.44. The number of nitrogens with zero attached hydrogens (tertiary/aromatic N) is 2. The fraction of sp³-hybridized carbons (Fsp3) is 0.571. The number of hydrogen-bond acceptors (Lipinski definition) is 5. The molecule has 8 nitrogen and oxygen atoms in total. The Labute approximate surface area is 170 Å². The Morgan fingerprint density at radius 2 is 1.93 bits per heavy atom. The maximum atomic E-state index is 12.9. The maximum Gasteiger partial charge on any atom is 0.325 e. The van der Waals surface area contributed by atoms with Crippen molar-refractivity contribution in [3.8, 4) is 11.5 Å². The molecule has 29 heavy (non-hydrogen) atoms. The Bertz CT molecular complexity index is 838. The fourth-order valence-corrected chi connectivity index (χ4v) is 4.17. The normalized spacial score (nSPS) is 23.2. The monoisotopic (exact) mass is 401 g/mol. The molecule has 3 heterocycles. The summed E-state index contributed by atoms with van der Waals surface area (Å²) in [5.41, 5.74) is 0.108. The molecule has 4 rings (SSSR count). The lowest BCUT2D eigenvalue weighted by Gasteiger charge is -2.26. The van der Waals surface area contributed by atoms with Crippen molar-refractivity contribution in [1.82, 2.24) is 15.1 Å². The van der Waals surface area contributed by atoms with Gasteiger partial charge in [0.15, 0.2) is 11.5 Å². The smallest absolute Gasteiger partial charge is 0.325 e. The third-order valence-corrected chi connectivity index (χ3v) is 5.72. The highest BCUT2D eigenvalue weighted by atomic mass is 16.5. The first kappa shape index (κ1) is 19.5. The number of imide groups is 1. The van der Waals surface area contributed by atoms with E-state index in [1.165, 1.54) is 0 Å². The summed E-state index contributed by atoms with van der Waals surface area (Å²) < 4.78 is 11.5. The minimum absolute atomic E-state index is 0.0285. The van der Waals surface area contributed by atoms with Crippen LogP contribution in [0.1, 0.15) is 51.1 Å². The van der Waals surface area contributed by atoms with Gasteiger partial charge in [-0.15, -0.1) is 0 Å². The van der Waals surface area contributed by atoms with Crippen LogP contribution in [-0.4, -0.2) is 59.5 Å². The standard InChI is InChI=1S/C21H27N3O5/c1-21(2)19(26)24(20(27)22-21)10-8-18(25)23-9-3-5-15(23)14-6-7-16-17(13-14)29-12-4-11-28-16/h6-7,13,15H,3-5,8-12H2,1-2H3,(H,22,27)/t15-/m1/s1. The minimum Gasteiger partial charge on any atom is -0.490 e. The number of hydrogen-bond donors (Lipinski definition) is 1. The first-order valence-corrected chi connectivity index (χ1v) is 10.2. The summed E-state index contributed by atoms with van der Waals surface area (Å²) in [6.07, 6.45) is 2.76. The number of nitrogens with one attached hydrogen (secondary N) is 1. The summed E-state index contributed by atoms with van der Waals surface area (Å²) in [5, 5.41) is 2.64. The van der Waals surface area contributed by atoms with E-state index < -0.39 is 11.6 Å².